The number of aromatic nitrogens is 2. The van der Waals surface area contributed by atoms with Crippen molar-refractivity contribution < 1.29 is 0 Å². The second-order valence-corrected chi connectivity index (χ2v) is 5.14. The summed E-state index contributed by atoms with van der Waals surface area (Å²) in [5.41, 5.74) is 5.02. The fourth-order valence-electron chi connectivity index (χ4n) is 2.21. The number of hydrogen-bond donors (Lipinski definition) is 1. The average Bonchev–Trinajstić information content (AvgIpc) is 2.69. The first kappa shape index (κ1) is 11.0. The molecule has 0 aliphatic carbocycles. The molecule has 3 nitrogen and oxygen atoms in total. The lowest BCUT2D eigenvalue weighted by Crippen LogP contribution is -2.24. The minimum absolute atomic E-state index is 0.905. The molecule has 0 bridgehead atoms. The van der Waals surface area contributed by atoms with E-state index in [2.05, 4.69) is 62.2 Å². The van der Waals surface area contributed by atoms with Crippen molar-refractivity contribution in [1.29, 1.82) is 0 Å². The molecule has 1 N–H and O–H groups in total. The third-order valence-electron chi connectivity index (χ3n) is 3.16. The Kier molecular flexibility index (Phi) is 2.76. The van der Waals surface area contributed by atoms with Crippen LogP contribution in [0.2, 0.25) is 0 Å². The molecule has 0 fully saturated rings. The third-order valence-corrected chi connectivity index (χ3v) is 3.80. The molecule has 1 aliphatic rings. The molecule has 4 heteroatoms. The lowest BCUT2D eigenvalue weighted by Gasteiger charge is -2.15. The maximum atomic E-state index is 4.59. The molecule has 0 amide bonds. The Morgan fingerprint density at radius 3 is 2.82 bits per heavy atom. The van der Waals surface area contributed by atoms with E-state index in [0.717, 1.165) is 29.8 Å². The number of benzene rings is 1. The predicted octanol–water partition coefficient (Wildman–Crippen LogP) is 2.59. The van der Waals surface area contributed by atoms with Gasteiger partial charge in [0, 0.05) is 25.1 Å². The molecule has 0 atom stereocenters. The number of fused-ring (bicyclic) bond motifs is 1. The van der Waals surface area contributed by atoms with Crippen LogP contribution in [0.4, 0.5) is 0 Å². The number of halogens is 1. The molecule has 1 aliphatic heterocycles. The van der Waals surface area contributed by atoms with E-state index in [9.17, 15) is 0 Å². The Hall–Kier alpha value is -1.13. The molecule has 2 heterocycles. The lowest BCUT2D eigenvalue weighted by atomic mass is 10.1. The summed E-state index contributed by atoms with van der Waals surface area (Å²) in [6.07, 6.45) is 1.03. The number of aryl methyl sites for hydroxylation is 1. The van der Waals surface area contributed by atoms with Crippen LogP contribution in [0.1, 0.15) is 16.8 Å². The largest absolute Gasteiger partial charge is 0.312 e. The van der Waals surface area contributed by atoms with Crippen LogP contribution in [0.5, 0.6) is 0 Å². The molecule has 0 unspecified atom stereocenters. The molecular weight excluding hydrogens is 278 g/mol. The Balaban J connectivity index is 2.11. The van der Waals surface area contributed by atoms with Crippen LogP contribution in [-0.2, 0) is 13.0 Å². The standard InChI is InChI=1S/C13H14BrN3/c1-9-2-4-10(5-3-9)17-12-6-7-15-8-11(12)13(14)16-17/h2-5,15H,6-8H2,1H3. The average molecular weight is 292 g/mol. The highest BCUT2D eigenvalue weighted by molar-refractivity contribution is 9.10. The van der Waals surface area contributed by atoms with Crippen molar-refractivity contribution in [2.75, 3.05) is 6.54 Å². The van der Waals surface area contributed by atoms with Gasteiger partial charge in [0.25, 0.3) is 0 Å². The van der Waals surface area contributed by atoms with Gasteiger partial charge in [0.15, 0.2) is 0 Å². The Bertz CT molecular complexity index is 543. The Morgan fingerprint density at radius 1 is 1.29 bits per heavy atom. The van der Waals surface area contributed by atoms with E-state index in [1.165, 1.54) is 16.8 Å². The first-order valence-corrected chi connectivity index (χ1v) is 6.59. The SMILES string of the molecule is Cc1ccc(-n2nc(Br)c3c2CCNC3)cc1. The van der Waals surface area contributed by atoms with E-state index in [4.69, 9.17) is 0 Å². The van der Waals surface area contributed by atoms with Gasteiger partial charge in [-0.2, -0.15) is 5.10 Å². The molecule has 3 rings (SSSR count). The predicted molar refractivity (Wildman–Crippen MR) is 71.4 cm³/mol. The van der Waals surface area contributed by atoms with Crippen molar-refractivity contribution in [3.05, 3.63) is 45.7 Å². The van der Waals surface area contributed by atoms with Crippen LogP contribution in [0.25, 0.3) is 5.69 Å². The van der Waals surface area contributed by atoms with Gasteiger partial charge in [-0.25, -0.2) is 4.68 Å². The molecular formula is C13H14BrN3. The second-order valence-electron chi connectivity index (χ2n) is 4.39. The van der Waals surface area contributed by atoms with E-state index >= 15 is 0 Å². The van der Waals surface area contributed by atoms with Crippen molar-refractivity contribution in [3.8, 4) is 5.69 Å². The summed E-state index contributed by atoms with van der Waals surface area (Å²) in [5, 5.41) is 7.96. The summed E-state index contributed by atoms with van der Waals surface area (Å²) in [6.45, 7) is 4.03. The minimum Gasteiger partial charge on any atom is -0.312 e. The van der Waals surface area contributed by atoms with Crippen LogP contribution >= 0.6 is 15.9 Å². The molecule has 1 aromatic heterocycles. The van der Waals surface area contributed by atoms with Crippen LogP contribution < -0.4 is 5.32 Å². The van der Waals surface area contributed by atoms with Crippen LogP contribution in [0, 0.1) is 6.92 Å². The maximum Gasteiger partial charge on any atom is 0.133 e. The van der Waals surface area contributed by atoms with E-state index in [-0.39, 0.29) is 0 Å². The molecule has 1 aromatic carbocycles. The third kappa shape index (κ3) is 1.91. The highest BCUT2D eigenvalue weighted by Gasteiger charge is 2.19. The van der Waals surface area contributed by atoms with E-state index in [0.29, 0.717) is 0 Å². The molecule has 0 saturated carbocycles. The summed E-state index contributed by atoms with van der Waals surface area (Å²) >= 11 is 3.54. The van der Waals surface area contributed by atoms with Gasteiger partial charge in [0.05, 0.1) is 11.4 Å². The van der Waals surface area contributed by atoms with Crippen molar-refractivity contribution >= 4 is 15.9 Å². The molecule has 2 aromatic rings. The van der Waals surface area contributed by atoms with Gasteiger partial charge in [-0.1, -0.05) is 17.7 Å². The van der Waals surface area contributed by atoms with Gasteiger partial charge in [-0.05, 0) is 35.0 Å². The Labute approximate surface area is 109 Å². The summed E-state index contributed by atoms with van der Waals surface area (Å²) < 4.78 is 3.01. The molecule has 88 valence electrons. The highest BCUT2D eigenvalue weighted by Crippen LogP contribution is 2.25. The van der Waals surface area contributed by atoms with E-state index in [1.54, 1.807) is 0 Å². The number of nitrogens with one attached hydrogen (secondary N) is 1. The number of hydrogen-bond acceptors (Lipinski definition) is 2. The van der Waals surface area contributed by atoms with Gasteiger partial charge in [0.1, 0.15) is 4.60 Å². The fourth-order valence-corrected chi connectivity index (χ4v) is 2.73. The molecule has 0 radical (unpaired) electrons. The van der Waals surface area contributed by atoms with Gasteiger partial charge in [-0.3, -0.25) is 0 Å². The van der Waals surface area contributed by atoms with Crippen molar-refractivity contribution in [3.63, 3.8) is 0 Å². The quantitative estimate of drug-likeness (QED) is 0.875. The normalized spacial score (nSPS) is 14.7. The zero-order valence-corrected chi connectivity index (χ0v) is 11.3. The van der Waals surface area contributed by atoms with E-state index < -0.39 is 0 Å². The van der Waals surface area contributed by atoms with Gasteiger partial charge < -0.3 is 5.32 Å². The molecule has 0 saturated heterocycles. The topological polar surface area (TPSA) is 29.9 Å². The molecule has 0 spiro atoms. The van der Waals surface area contributed by atoms with Gasteiger partial charge in [0.2, 0.25) is 0 Å². The second kappa shape index (κ2) is 4.27. The summed E-state index contributed by atoms with van der Waals surface area (Å²) in [6, 6.07) is 8.49. The van der Waals surface area contributed by atoms with Crippen LogP contribution in [0.3, 0.4) is 0 Å². The highest BCUT2D eigenvalue weighted by atomic mass is 79.9. The fraction of sp³-hybridized carbons (Fsp3) is 0.308. The summed E-state index contributed by atoms with van der Waals surface area (Å²) in [5.74, 6) is 0. The van der Waals surface area contributed by atoms with Crippen molar-refractivity contribution in [2.24, 2.45) is 0 Å². The smallest absolute Gasteiger partial charge is 0.133 e. The monoisotopic (exact) mass is 291 g/mol. The lowest BCUT2D eigenvalue weighted by molar-refractivity contribution is 0.622. The minimum atomic E-state index is 0.905. The van der Waals surface area contributed by atoms with Crippen molar-refractivity contribution in [1.82, 2.24) is 15.1 Å². The molecule has 17 heavy (non-hydrogen) atoms. The summed E-state index contributed by atoms with van der Waals surface area (Å²) in [7, 11) is 0. The van der Waals surface area contributed by atoms with E-state index in [1.807, 2.05) is 0 Å². The first-order chi connectivity index (χ1) is 8.25. The maximum absolute atomic E-state index is 4.59. The number of rotatable bonds is 1. The Morgan fingerprint density at radius 2 is 2.06 bits per heavy atom. The zero-order chi connectivity index (χ0) is 11.8. The van der Waals surface area contributed by atoms with Gasteiger partial charge >= 0.3 is 0 Å². The van der Waals surface area contributed by atoms with Crippen LogP contribution in [0.15, 0.2) is 28.9 Å². The first-order valence-electron chi connectivity index (χ1n) is 5.80. The summed E-state index contributed by atoms with van der Waals surface area (Å²) in [4.78, 5) is 0. The van der Waals surface area contributed by atoms with Crippen molar-refractivity contribution in [2.45, 2.75) is 19.9 Å². The number of nitrogens with zero attached hydrogens (tertiary/aromatic N) is 2. The zero-order valence-electron chi connectivity index (χ0n) is 9.70. The van der Waals surface area contributed by atoms with Crippen LogP contribution in [-0.4, -0.2) is 16.3 Å². The van der Waals surface area contributed by atoms with Gasteiger partial charge in [-0.15, -0.1) is 0 Å².